The molecule has 1 saturated heterocycles. The minimum Gasteiger partial charge on any atom is -0.462 e. The molecule has 0 aromatic carbocycles. The molecule has 190 valence electrons. The van der Waals surface area contributed by atoms with Crippen molar-refractivity contribution in [2.75, 3.05) is 6.61 Å². The molecule has 1 unspecified atom stereocenters. The van der Waals surface area contributed by atoms with Crippen molar-refractivity contribution < 1.29 is 32.9 Å². The molecule has 0 radical (unpaired) electrons. The number of nitrogens with zero attached hydrogens (tertiary/aromatic N) is 1. The minimum absolute atomic E-state index is 0.243. The van der Waals surface area contributed by atoms with Crippen molar-refractivity contribution in [3.8, 4) is 0 Å². The van der Waals surface area contributed by atoms with Crippen LogP contribution in [0.1, 0.15) is 54.2 Å². The fraction of sp³-hybridized carbons (Fsp3) is 0.714. The molecule has 1 aromatic heterocycles. The summed E-state index contributed by atoms with van der Waals surface area (Å²) in [5, 5.41) is 2.59. The third kappa shape index (κ3) is 7.30. The number of carbonyl (C=O) groups excluding carboxylic acids is 2. The van der Waals surface area contributed by atoms with Crippen LogP contribution in [0.2, 0.25) is 0 Å². The summed E-state index contributed by atoms with van der Waals surface area (Å²) in [6.45, 7) is 10.0. The standard InChI is InChI=1S/C21H32N3O9P/c1-7-14(20(27)31-12(4)5)23-34(29)30-10-15-17(33-19(26)11(2)3)13(6)18(32-15)24-9-8-16(25)22-21(24)28/h8-9,11-15,17-18H,7,10H2,1-6H3,(H-,22,23,25,28,29)/p+1/t13-,14-,15+,17-,18+/m0/s1. The highest BCUT2D eigenvalue weighted by molar-refractivity contribution is 7.36. The van der Waals surface area contributed by atoms with Crippen LogP contribution in [0.15, 0.2) is 21.9 Å². The SMILES string of the molecule is CC[C@H](N[P+](=O)OC[C@H]1O[C@@H](n2ccc(=O)[nH]c2=O)[C@@H](C)[C@@H]1OC(=O)C(C)C)C(=O)OC(C)C. The van der Waals surface area contributed by atoms with Gasteiger partial charge in [0.25, 0.3) is 5.56 Å². The molecule has 2 heterocycles. The highest BCUT2D eigenvalue weighted by Crippen LogP contribution is 2.37. The van der Waals surface area contributed by atoms with Gasteiger partial charge in [-0.1, -0.05) is 32.8 Å². The maximum Gasteiger partial charge on any atom is 0.613 e. The maximum absolute atomic E-state index is 12.5. The van der Waals surface area contributed by atoms with Crippen LogP contribution >= 0.6 is 8.18 Å². The zero-order valence-electron chi connectivity index (χ0n) is 20.2. The van der Waals surface area contributed by atoms with E-state index in [1.807, 2.05) is 0 Å². The highest BCUT2D eigenvalue weighted by atomic mass is 31.1. The van der Waals surface area contributed by atoms with Gasteiger partial charge in [0.15, 0.2) is 6.04 Å². The van der Waals surface area contributed by atoms with Crippen LogP contribution in [0.3, 0.4) is 0 Å². The van der Waals surface area contributed by atoms with Gasteiger partial charge in [-0.05, 0) is 24.8 Å². The third-order valence-corrected chi connectivity index (χ3v) is 6.07. The van der Waals surface area contributed by atoms with E-state index < -0.39 is 67.7 Å². The van der Waals surface area contributed by atoms with Gasteiger partial charge in [-0.2, -0.15) is 0 Å². The van der Waals surface area contributed by atoms with E-state index >= 15 is 0 Å². The molecule has 1 aliphatic rings. The molecule has 0 amide bonds. The fourth-order valence-corrected chi connectivity index (χ4v) is 4.25. The van der Waals surface area contributed by atoms with Crippen molar-refractivity contribution in [2.24, 2.45) is 11.8 Å². The minimum atomic E-state index is -2.48. The molecule has 0 saturated carbocycles. The van der Waals surface area contributed by atoms with E-state index in [-0.39, 0.29) is 12.7 Å². The van der Waals surface area contributed by atoms with Crippen LogP contribution in [0, 0.1) is 11.8 Å². The summed E-state index contributed by atoms with van der Waals surface area (Å²) >= 11 is 0. The Bertz CT molecular complexity index is 990. The van der Waals surface area contributed by atoms with Crippen molar-refractivity contribution in [1.82, 2.24) is 14.6 Å². The number of esters is 2. The van der Waals surface area contributed by atoms with Crippen LogP contribution in [-0.2, 0) is 32.9 Å². The van der Waals surface area contributed by atoms with E-state index in [1.165, 1.54) is 16.8 Å². The monoisotopic (exact) mass is 502 g/mol. The van der Waals surface area contributed by atoms with Crippen molar-refractivity contribution >= 4 is 20.1 Å². The lowest BCUT2D eigenvalue weighted by molar-refractivity contribution is -0.158. The molecule has 0 bridgehead atoms. The molecule has 13 heteroatoms. The number of hydrogen-bond acceptors (Lipinski definition) is 9. The van der Waals surface area contributed by atoms with Gasteiger partial charge < -0.3 is 14.2 Å². The average molecular weight is 502 g/mol. The lowest BCUT2D eigenvalue weighted by Gasteiger charge is -2.22. The number of carbonyl (C=O) groups is 2. The number of aromatic nitrogens is 2. The second kappa shape index (κ2) is 12.3. The van der Waals surface area contributed by atoms with Crippen LogP contribution in [0.4, 0.5) is 0 Å². The van der Waals surface area contributed by atoms with Crippen LogP contribution in [0.25, 0.3) is 0 Å². The fourth-order valence-electron chi connectivity index (χ4n) is 3.35. The Kier molecular flexibility index (Phi) is 10.1. The normalized spacial score (nSPS) is 23.7. The zero-order chi connectivity index (χ0) is 25.6. The van der Waals surface area contributed by atoms with Crippen molar-refractivity contribution in [1.29, 1.82) is 0 Å². The van der Waals surface area contributed by atoms with Crippen molar-refractivity contribution in [2.45, 2.75) is 78.5 Å². The van der Waals surface area contributed by atoms with Crippen molar-refractivity contribution in [3.63, 3.8) is 0 Å². The Morgan fingerprint density at radius 1 is 1.24 bits per heavy atom. The Morgan fingerprint density at radius 2 is 1.91 bits per heavy atom. The first-order chi connectivity index (χ1) is 15.9. The molecule has 34 heavy (non-hydrogen) atoms. The molecule has 1 aromatic rings. The summed E-state index contributed by atoms with van der Waals surface area (Å²) in [5.41, 5.74) is -1.24. The summed E-state index contributed by atoms with van der Waals surface area (Å²) < 4.78 is 35.7. The number of nitrogens with one attached hydrogen (secondary N) is 2. The Hall–Kier alpha value is -2.40. The predicted octanol–water partition coefficient (Wildman–Crippen LogP) is 1.63. The number of H-pyrrole nitrogens is 1. The summed E-state index contributed by atoms with van der Waals surface area (Å²) in [7, 11) is -2.48. The lowest BCUT2D eigenvalue weighted by atomic mass is 10.0. The number of aromatic amines is 1. The van der Waals surface area contributed by atoms with E-state index in [1.54, 1.807) is 41.5 Å². The third-order valence-electron chi connectivity index (χ3n) is 5.16. The molecular weight excluding hydrogens is 469 g/mol. The molecule has 0 aliphatic carbocycles. The first-order valence-electron chi connectivity index (χ1n) is 11.2. The molecule has 0 spiro atoms. The molecule has 6 atom stereocenters. The van der Waals surface area contributed by atoms with Gasteiger partial charge in [-0.25, -0.2) is 4.79 Å². The molecular formula is C21H33N3O9P+. The van der Waals surface area contributed by atoms with Gasteiger partial charge >= 0.3 is 25.8 Å². The summed E-state index contributed by atoms with van der Waals surface area (Å²) in [6.07, 6.45) is -1.22. The first kappa shape index (κ1) is 27.8. The van der Waals surface area contributed by atoms with Crippen LogP contribution < -0.4 is 16.3 Å². The van der Waals surface area contributed by atoms with Gasteiger partial charge in [-0.3, -0.25) is 23.9 Å². The quantitative estimate of drug-likeness (QED) is 0.337. The van der Waals surface area contributed by atoms with Gasteiger partial charge in [0.05, 0.1) is 12.0 Å². The van der Waals surface area contributed by atoms with Crippen LogP contribution in [0.5, 0.6) is 0 Å². The van der Waals surface area contributed by atoms with E-state index in [0.29, 0.717) is 6.42 Å². The molecule has 2 rings (SSSR count). The van der Waals surface area contributed by atoms with Gasteiger partial charge in [0.1, 0.15) is 25.0 Å². The largest absolute Gasteiger partial charge is 0.613 e. The van der Waals surface area contributed by atoms with Crippen LogP contribution in [-0.4, -0.2) is 52.5 Å². The predicted molar refractivity (Wildman–Crippen MR) is 121 cm³/mol. The first-order valence-corrected chi connectivity index (χ1v) is 12.4. The lowest BCUT2D eigenvalue weighted by Crippen LogP contribution is -2.37. The second-order valence-electron chi connectivity index (χ2n) is 8.63. The van der Waals surface area contributed by atoms with Gasteiger partial charge in [0, 0.05) is 18.2 Å². The summed E-state index contributed by atoms with van der Waals surface area (Å²) in [6, 6.07) is 0.356. The van der Waals surface area contributed by atoms with Gasteiger partial charge in [-0.15, -0.1) is 4.52 Å². The van der Waals surface area contributed by atoms with E-state index in [0.717, 1.165) is 0 Å². The van der Waals surface area contributed by atoms with E-state index in [4.69, 9.17) is 18.7 Å². The Labute approximate surface area is 198 Å². The molecule has 12 nitrogen and oxygen atoms in total. The Morgan fingerprint density at radius 3 is 2.47 bits per heavy atom. The van der Waals surface area contributed by atoms with Gasteiger partial charge in [0.2, 0.25) is 0 Å². The maximum atomic E-state index is 12.5. The topological polar surface area (TPSA) is 155 Å². The molecule has 2 N–H and O–H groups in total. The second-order valence-corrected chi connectivity index (χ2v) is 9.66. The number of rotatable bonds is 11. The Balaban J connectivity index is 2.14. The summed E-state index contributed by atoms with van der Waals surface area (Å²) in [4.78, 5) is 50.2. The molecule has 1 aliphatic heterocycles. The van der Waals surface area contributed by atoms with Crippen molar-refractivity contribution in [3.05, 3.63) is 33.1 Å². The smallest absolute Gasteiger partial charge is 0.462 e. The molecule has 1 fully saturated rings. The average Bonchev–Trinajstić information content (AvgIpc) is 3.05. The summed E-state index contributed by atoms with van der Waals surface area (Å²) in [5.74, 6) is -1.91. The number of ether oxygens (including phenoxy) is 3. The van der Waals surface area contributed by atoms with E-state index in [9.17, 15) is 23.7 Å². The van der Waals surface area contributed by atoms with E-state index in [2.05, 4.69) is 10.1 Å². The number of hydrogen-bond donors (Lipinski definition) is 2. The zero-order valence-corrected chi connectivity index (χ0v) is 21.1. The highest BCUT2D eigenvalue weighted by Gasteiger charge is 2.47.